The number of halogens is 3. The Morgan fingerprint density at radius 2 is 1.57 bits per heavy atom. The zero-order valence-corrected chi connectivity index (χ0v) is 24.2. The first-order chi connectivity index (χ1) is 20.8. The topological polar surface area (TPSA) is 105 Å². The summed E-state index contributed by atoms with van der Waals surface area (Å²) in [6.45, 7) is 1.62. The van der Waals surface area contributed by atoms with E-state index in [9.17, 15) is 31.2 Å². The van der Waals surface area contributed by atoms with Gasteiger partial charge >= 0.3 is 12.1 Å². The maximum atomic E-state index is 14.1. The number of fused-ring (bicyclic) bond motifs is 1. The zero-order chi connectivity index (χ0) is 31.6. The van der Waals surface area contributed by atoms with E-state index in [2.05, 4.69) is 0 Å². The van der Waals surface area contributed by atoms with Gasteiger partial charge in [-0.15, -0.1) is 0 Å². The van der Waals surface area contributed by atoms with Gasteiger partial charge in [0.2, 0.25) is 5.76 Å². The van der Waals surface area contributed by atoms with Gasteiger partial charge in [0.15, 0.2) is 15.6 Å². The third kappa shape index (κ3) is 6.68. The maximum absolute atomic E-state index is 14.1. The lowest BCUT2D eigenvalue weighted by atomic mass is 9.98. The number of hydrogen-bond donors (Lipinski definition) is 1. The van der Waals surface area contributed by atoms with E-state index in [1.54, 1.807) is 37.3 Å². The molecule has 226 valence electrons. The second-order valence-electron chi connectivity index (χ2n) is 10.3. The average molecular weight is 622 g/mol. The lowest BCUT2D eigenvalue weighted by molar-refractivity contribution is -0.153. The van der Waals surface area contributed by atoms with E-state index in [1.807, 2.05) is 36.4 Å². The molecule has 0 unspecified atom stereocenters. The van der Waals surface area contributed by atoms with Gasteiger partial charge in [0.25, 0.3) is 5.91 Å². The summed E-state index contributed by atoms with van der Waals surface area (Å²) in [5.74, 6) is -4.06. The molecule has 1 amide bonds. The van der Waals surface area contributed by atoms with Gasteiger partial charge in [-0.2, -0.15) is 13.2 Å². The van der Waals surface area contributed by atoms with Crippen molar-refractivity contribution in [3.05, 3.63) is 125 Å². The molecule has 0 fully saturated rings. The van der Waals surface area contributed by atoms with Crippen LogP contribution in [0.3, 0.4) is 0 Å². The van der Waals surface area contributed by atoms with E-state index in [0.717, 1.165) is 11.5 Å². The second kappa shape index (κ2) is 12.0. The van der Waals surface area contributed by atoms with Gasteiger partial charge < -0.3 is 14.4 Å². The molecule has 0 saturated carbocycles. The summed E-state index contributed by atoms with van der Waals surface area (Å²) in [5, 5.41) is 10.5. The molecule has 7 nitrogen and oxygen atoms in total. The Kier molecular flexibility index (Phi) is 8.33. The molecular weight excluding hydrogens is 595 g/mol. The Balaban J connectivity index is 1.47. The molecule has 5 aromatic rings. The highest BCUT2D eigenvalue weighted by Gasteiger charge is 2.35. The van der Waals surface area contributed by atoms with E-state index in [1.165, 1.54) is 29.2 Å². The molecule has 0 spiro atoms. The summed E-state index contributed by atoms with van der Waals surface area (Å²) in [5.41, 5.74) is 2.99. The number of benzene rings is 4. The normalized spacial score (nSPS) is 11.9. The number of hydrogen-bond acceptors (Lipinski definition) is 5. The number of carbonyl (C=O) groups excluding carboxylic acids is 1. The van der Waals surface area contributed by atoms with Crippen LogP contribution < -0.4 is 0 Å². The van der Waals surface area contributed by atoms with Crippen LogP contribution in [0.2, 0.25) is 0 Å². The quantitative estimate of drug-likeness (QED) is 0.188. The van der Waals surface area contributed by atoms with E-state index < -0.39 is 33.5 Å². The minimum atomic E-state index is -4.67. The standard InChI is InChI=1S/C33H26F3NO6S/c1-21-9-12-24-5-2-3-8-28(24)31(21)32(40)37(19-26-15-16-29(43-26)33(34,35)36)18-22-10-13-23(14-11-22)25-6-4-7-27(17-25)44(41,42)20-30(38)39/h2-17H,18-20H2,1H3,(H,38,39). The highest BCUT2D eigenvalue weighted by molar-refractivity contribution is 7.92. The minimum absolute atomic E-state index is 0.0282. The van der Waals surface area contributed by atoms with Crippen LogP contribution in [0.4, 0.5) is 13.2 Å². The Morgan fingerprint density at radius 3 is 2.25 bits per heavy atom. The van der Waals surface area contributed by atoms with Crippen LogP contribution in [0, 0.1) is 6.92 Å². The summed E-state index contributed by atoms with van der Waals surface area (Å²) >= 11 is 0. The molecule has 1 heterocycles. The lowest BCUT2D eigenvalue weighted by Crippen LogP contribution is -2.30. The fraction of sp³-hybridized carbons (Fsp3) is 0.152. The summed E-state index contributed by atoms with van der Waals surface area (Å²) < 4.78 is 69.5. The number of carboxylic acids is 1. The first kappa shape index (κ1) is 30.6. The molecule has 0 radical (unpaired) electrons. The SMILES string of the molecule is Cc1ccc2ccccc2c1C(=O)N(Cc1ccc(-c2cccc(S(=O)(=O)CC(=O)O)c2)cc1)Cc1ccc(C(F)(F)F)o1. The van der Waals surface area contributed by atoms with Crippen molar-refractivity contribution in [1.82, 2.24) is 4.90 Å². The second-order valence-corrected chi connectivity index (χ2v) is 12.3. The molecule has 5 rings (SSSR count). The van der Waals surface area contributed by atoms with Gasteiger partial charge in [0, 0.05) is 6.54 Å². The molecule has 4 aromatic carbocycles. The molecule has 0 bridgehead atoms. The molecule has 0 atom stereocenters. The number of aliphatic carboxylic acids is 1. The monoisotopic (exact) mass is 621 g/mol. The summed E-state index contributed by atoms with van der Waals surface area (Å²) in [7, 11) is -4.03. The van der Waals surface area contributed by atoms with Gasteiger partial charge in [-0.05, 0) is 64.2 Å². The molecule has 11 heteroatoms. The van der Waals surface area contributed by atoms with E-state index >= 15 is 0 Å². The van der Waals surface area contributed by atoms with Crippen molar-refractivity contribution >= 4 is 32.5 Å². The maximum Gasteiger partial charge on any atom is 0.449 e. The molecule has 44 heavy (non-hydrogen) atoms. The number of nitrogens with zero attached hydrogens (tertiary/aromatic N) is 1. The minimum Gasteiger partial charge on any atom is -0.480 e. The van der Waals surface area contributed by atoms with Crippen molar-refractivity contribution in [1.29, 1.82) is 0 Å². The van der Waals surface area contributed by atoms with E-state index in [0.29, 0.717) is 33.2 Å². The third-order valence-electron chi connectivity index (χ3n) is 7.09. The van der Waals surface area contributed by atoms with Crippen molar-refractivity contribution in [3.63, 3.8) is 0 Å². The van der Waals surface area contributed by atoms with Crippen LogP contribution in [0.25, 0.3) is 21.9 Å². The number of carboxylic acid groups (broad SMARTS) is 1. The van der Waals surface area contributed by atoms with Crippen LogP contribution in [0.15, 0.2) is 106 Å². The zero-order valence-electron chi connectivity index (χ0n) is 23.3. The Morgan fingerprint density at radius 1 is 0.841 bits per heavy atom. The van der Waals surface area contributed by atoms with Gasteiger partial charge in [0.05, 0.1) is 17.0 Å². The third-order valence-corrected chi connectivity index (χ3v) is 8.69. The van der Waals surface area contributed by atoms with Crippen LogP contribution in [-0.4, -0.2) is 36.1 Å². The first-order valence-corrected chi connectivity index (χ1v) is 15.0. The summed E-state index contributed by atoms with van der Waals surface area (Å²) in [4.78, 5) is 26.3. The lowest BCUT2D eigenvalue weighted by Gasteiger charge is -2.24. The largest absolute Gasteiger partial charge is 0.480 e. The molecule has 1 N–H and O–H groups in total. The number of carbonyl (C=O) groups is 2. The highest BCUT2D eigenvalue weighted by Crippen LogP contribution is 2.32. The molecule has 0 saturated heterocycles. The van der Waals surface area contributed by atoms with E-state index in [-0.39, 0.29) is 29.7 Å². The van der Waals surface area contributed by atoms with Crippen LogP contribution in [0.1, 0.15) is 33.0 Å². The van der Waals surface area contributed by atoms with Crippen LogP contribution in [-0.2, 0) is 33.9 Å². The smallest absolute Gasteiger partial charge is 0.449 e. The fourth-order valence-corrected chi connectivity index (χ4v) is 6.05. The van der Waals surface area contributed by atoms with E-state index in [4.69, 9.17) is 9.52 Å². The van der Waals surface area contributed by atoms with Crippen molar-refractivity contribution in [2.45, 2.75) is 31.1 Å². The number of amides is 1. The van der Waals surface area contributed by atoms with Crippen LogP contribution >= 0.6 is 0 Å². The summed E-state index contributed by atoms with van der Waals surface area (Å²) in [6.07, 6.45) is -4.67. The Hall–Kier alpha value is -4.90. The molecule has 1 aromatic heterocycles. The fourth-order valence-electron chi connectivity index (χ4n) is 4.96. The number of sulfone groups is 1. The molecular formula is C33H26F3NO6S. The van der Waals surface area contributed by atoms with Crippen molar-refractivity contribution < 1.29 is 40.7 Å². The van der Waals surface area contributed by atoms with Crippen molar-refractivity contribution in [3.8, 4) is 11.1 Å². The Bertz CT molecular complexity index is 1960. The first-order valence-electron chi connectivity index (χ1n) is 13.4. The molecule has 0 aliphatic heterocycles. The van der Waals surface area contributed by atoms with Gasteiger partial charge in [-0.25, -0.2) is 8.42 Å². The number of aryl methyl sites for hydroxylation is 1. The molecule has 0 aliphatic carbocycles. The number of furan rings is 1. The number of alkyl halides is 3. The predicted octanol–water partition coefficient (Wildman–Crippen LogP) is 7.13. The van der Waals surface area contributed by atoms with Gasteiger partial charge in [-0.1, -0.05) is 72.8 Å². The highest BCUT2D eigenvalue weighted by atomic mass is 32.2. The summed E-state index contributed by atoms with van der Waals surface area (Å²) in [6, 6.07) is 25.9. The average Bonchev–Trinajstić information content (AvgIpc) is 3.46. The van der Waals surface area contributed by atoms with Crippen molar-refractivity contribution in [2.24, 2.45) is 0 Å². The van der Waals surface area contributed by atoms with Crippen molar-refractivity contribution in [2.75, 3.05) is 5.75 Å². The van der Waals surface area contributed by atoms with Gasteiger partial charge in [-0.3, -0.25) is 9.59 Å². The molecule has 0 aliphatic rings. The predicted molar refractivity (Wildman–Crippen MR) is 158 cm³/mol. The van der Waals surface area contributed by atoms with Crippen LogP contribution in [0.5, 0.6) is 0 Å². The Labute approximate surface area is 251 Å². The number of rotatable bonds is 9. The van der Waals surface area contributed by atoms with Gasteiger partial charge in [0.1, 0.15) is 5.76 Å².